The number of rotatable bonds is 6. The lowest BCUT2D eigenvalue weighted by atomic mass is 10.0. The zero-order chi connectivity index (χ0) is 29.1. The third-order valence-corrected chi connectivity index (χ3v) is 9.68. The smallest absolute Gasteiger partial charge is 0.255 e. The SMILES string of the molecule is O=C1CCC(N2Cc3cc(O[C@H]4CCN(Cc5ccc6nc(N7[C@@H]8CC[C@H]7COC8)ccc6c5)C4)ccc3C2=O)C(=O)N1. The van der Waals surface area contributed by atoms with Gasteiger partial charge in [0, 0.05) is 43.5 Å². The summed E-state index contributed by atoms with van der Waals surface area (Å²) in [7, 11) is 0. The Morgan fingerprint density at radius 3 is 2.65 bits per heavy atom. The maximum atomic E-state index is 13.0. The molecule has 0 aliphatic carbocycles. The van der Waals surface area contributed by atoms with Crippen molar-refractivity contribution in [3.05, 3.63) is 65.2 Å². The summed E-state index contributed by atoms with van der Waals surface area (Å²) in [6, 6.07) is 16.8. The molecule has 10 nitrogen and oxygen atoms in total. The van der Waals surface area contributed by atoms with E-state index in [1.807, 2.05) is 12.1 Å². The van der Waals surface area contributed by atoms with Gasteiger partial charge >= 0.3 is 0 Å². The number of pyridine rings is 1. The van der Waals surface area contributed by atoms with Crippen LogP contribution in [0.3, 0.4) is 0 Å². The van der Waals surface area contributed by atoms with E-state index in [1.54, 1.807) is 11.0 Å². The first-order valence-electron chi connectivity index (χ1n) is 15.4. The fourth-order valence-corrected chi connectivity index (χ4v) is 7.52. The normalized spacial score (nSPS) is 27.2. The molecule has 0 radical (unpaired) electrons. The Labute approximate surface area is 249 Å². The van der Waals surface area contributed by atoms with Gasteiger partial charge in [0.1, 0.15) is 23.7 Å². The highest BCUT2D eigenvalue weighted by Gasteiger charge is 2.40. The lowest BCUT2D eigenvalue weighted by Crippen LogP contribution is -2.52. The summed E-state index contributed by atoms with van der Waals surface area (Å²) in [5.74, 6) is 0.957. The van der Waals surface area contributed by atoms with Crippen LogP contribution in [0.5, 0.6) is 5.75 Å². The number of imide groups is 1. The van der Waals surface area contributed by atoms with E-state index in [2.05, 4.69) is 45.4 Å². The minimum absolute atomic E-state index is 0.0648. The molecule has 0 spiro atoms. The second-order valence-electron chi connectivity index (χ2n) is 12.5. The van der Waals surface area contributed by atoms with E-state index >= 15 is 0 Å². The van der Waals surface area contributed by atoms with Crippen molar-refractivity contribution in [3.8, 4) is 5.75 Å². The minimum atomic E-state index is -0.613. The number of fused-ring (bicyclic) bond motifs is 4. The Morgan fingerprint density at radius 1 is 0.953 bits per heavy atom. The molecule has 4 atom stereocenters. The predicted octanol–water partition coefficient (Wildman–Crippen LogP) is 3.02. The summed E-state index contributed by atoms with van der Waals surface area (Å²) >= 11 is 0. The van der Waals surface area contributed by atoms with Gasteiger partial charge in [-0.1, -0.05) is 6.07 Å². The van der Waals surface area contributed by atoms with Crippen LogP contribution in [0.25, 0.3) is 10.9 Å². The van der Waals surface area contributed by atoms with Gasteiger partial charge in [0.15, 0.2) is 0 Å². The third kappa shape index (κ3) is 4.92. The largest absolute Gasteiger partial charge is 0.489 e. The molecular formula is C33H35N5O5. The second-order valence-corrected chi connectivity index (χ2v) is 12.5. The van der Waals surface area contributed by atoms with Crippen molar-refractivity contribution in [2.24, 2.45) is 0 Å². The molecule has 1 unspecified atom stereocenters. The van der Waals surface area contributed by atoms with Crippen LogP contribution in [0.15, 0.2) is 48.5 Å². The lowest BCUT2D eigenvalue weighted by Gasteiger charge is -2.35. The summed E-state index contributed by atoms with van der Waals surface area (Å²) in [4.78, 5) is 48.4. The van der Waals surface area contributed by atoms with Crippen LogP contribution < -0.4 is 15.0 Å². The molecule has 5 aliphatic heterocycles. The van der Waals surface area contributed by atoms with Crippen molar-refractivity contribution in [2.45, 2.75) is 69.4 Å². The van der Waals surface area contributed by atoms with Gasteiger partial charge < -0.3 is 19.3 Å². The van der Waals surface area contributed by atoms with Crippen LogP contribution in [0.4, 0.5) is 5.82 Å². The van der Waals surface area contributed by atoms with Crippen LogP contribution in [0.2, 0.25) is 0 Å². The molecule has 3 amide bonds. The highest BCUT2D eigenvalue weighted by Crippen LogP contribution is 2.34. The third-order valence-electron chi connectivity index (χ3n) is 9.68. The minimum Gasteiger partial charge on any atom is -0.489 e. The number of aromatic nitrogens is 1. The monoisotopic (exact) mass is 581 g/mol. The zero-order valence-corrected chi connectivity index (χ0v) is 24.0. The van der Waals surface area contributed by atoms with Crippen LogP contribution in [0, 0.1) is 0 Å². The maximum absolute atomic E-state index is 13.0. The fraction of sp³-hybridized carbons (Fsp3) is 0.455. The molecule has 222 valence electrons. The highest BCUT2D eigenvalue weighted by atomic mass is 16.5. The first-order valence-corrected chi connectivity index (χ1v) is 15.4. The Morgan fingerprint density at radius 2 is 1.81 bits per heavy atom. The Bertz CT molecular complexity index is 1610. The van der Waals surface area contributed by atoms with Gasteiger partial charge in [-0.3, -0.25) is 24.6 Å². The standard InChI is InChI=1S/C33H35N5O5/c39-31-10-8-29(32(40)35-31)37-16-22-14-25(5-6-27(22)33(37)41)43-26-11-12-36(17-26)15-20-1-7-28-21(13-20)2-9-30(34-28)38-23-3-4-24(38)19-42-18-23/h1-2,5-7,9,13-14,23-24,26,29H,3-4,8,10-12,15-19H2,(H,35,39,40)/t23-,24+,26-,29?/m0/s1. The van der Waals surface area contributed by atoms with Gasteiger partial charge in [0.2, 0.25) is 11.8 Å². The number of nitrogens with zero attached hydrogens (tertiary/aromatic N) is 4. The summed E-state index contributed by atoms with van der Waals surface area (Å²) in [6.07, 6.45) is 3.96. The summed E-state index contributed by atoms with van der Waals surface area (Å²) in [5, 5.41) is 3.51. The molecular weight excluding hydrogens is 546 g/mol. The van der Waals surface area contributed by atoms with Crippen LogP contribution >= 0.6 is 0 Å². The van der Waals surface area contributed by atoms with Gasteiger partial charge in [0.25, 0.3) is 5.91 Å². The summed E-state index contributed by atoms with van der Waals surface area (Å²) in [6.45, 7) is 4.57. The van der Waals surface area contributed by atoms with E-state index in [9.17, 15) is 14.4 Å². The number of carbonyl (C=O) groups is 3. The average molecular weight is 582 g/mol. The number of benzene rings is 2. The summed E-state index contributed by atoms with van der Waals surface area (Å²) < 4.78 is 12.1. The number of amides is 3. The predicted molar refractivity (Wildman–Crippen MR) is 159 cm³/mol. The molecule has 43 heavy (non-hydrogen) atoms. The molecule has 4 saturated heterocycles. The van der Waals surface area contributed by atoms with Gasteiger partial charge in [0.05, 0.1) is 30.8 Å². The molecule has 4 fully saturated rings. The number of hydrogen-bond donors (Lipinski definition) is 1. The van der Waals surface area contributed by atoms with Gasteiger partial charge in [-0.2, -0.15) is 0 Å². The number of carbonyl (C=O) groups excluding carboxylic acids is 3. The maximum Gasteiger partial charge on any atom is 0.255 e. The second kappa shape index (κ2) is 10.6. The first kappa shape index (κ1) is 26.6. The quantitative estimate of drug-likeness (QED) is 0.443. The number of nitrogens with one attached hydrogen (secondary N) is 1. The van der Waals surface area contributed by atoms with Gasteiger partial charge in [-0.15, -0.1) is 0 Å². The molecule has 10 heteroatoms. The Hall–Kier alpha value is -4.02. The molecule has 0 saturated carbocycles. The molecule has 1 aromatic heterocycles. The van der Waals surface area contributed by atoms with Crippen molar-refractivity contribution < 1.29 is 23.9 Å². The molecule has 1 N–H and O–H groups in total. The van der Waals surface area contributed by atoms with Crippen LogP contribution in [0.1, 0.15) is 53.6 Å². The number of piperidine rings is 1. The number of anilines is 1. The molecule has 6 heterocycles. The van der Waals surface area contributed by atoms with Crippen molar-refractivity contribution in [2.75, 3.05) is 31.2 Å². The van der Waals surface area contributed by atoms with E-state index < -0.39 is 11.9 Å². The molecule has 2 bridgehead atoms. The molecule has 2 aromatic carbocycles. The van der Waals surface area contributed by atoms with Crippen molar-refractivity contribution in [1.29, 1.82) is 0 Å². The van der Waals surface area contributed by atoms with Crippen molar-refractivity contribution >= 4 is 34.4 Å². The van der Waals surface area contributed by atoms with E-state index in [4.69, 9.17) is 14.5 Å². The number of likely N-dealkylation sites (tertiary alicyclic amines) is 1. The summed E-state index contributed by atoms with van der Waals surface area (Å²) in [5.41, 5.74) is 3.75. The zero-order valence-electron chi connectivity index (χ0n) is 24.0. The van der Waals surface area contributed by atoms with Crippen molar-refractivity contribution in [1.82, 2.24) is 20.1 Å². The number of hydrogen-bond acceptors (Lipinski definition) is 8. The van der Waals surface area contributed by atoms with Gasteiger partial charge in [-0.05, 0) is 79.3 Å². The molecule has 5 aliphatic rings. The van der Waals surface area contributed by atoms with E-state index in [0.29, 0.717) is 30.6 Å². The number of ether oxygens (including phenoxy) is 2. The van der Waals surface area contributed by atoms with Crippen molar-refractivity contribution in [3.63, 3.8) is 0 Å². The first-order chi connectivity index (χ1) is 21.0. The van der Waals surface area contributed by atoms with E-state index in [0.717, 1.165) is 67.3 Å². The average Bonchev–Trinajstić information content (AvgIpc) is 3.65. The van der Waals surface area contributed by atoms with Gasteiger partial charge in [-0.25, -0.2) is 4.98 Å². The van der Waals surface area contributed by atoms with Crippen LogP contribution in [-0.2, 0) is 27.4 Å². The molecule has 8 rings (SSSR count). The topological polar surface area (TPSA) is 104 Å². The lowest BCUT2D eigenvalue weighted by molar-refractivity contribution is -0.136. The number of morpholine rings is 1. The van der Waals surface area contributed by atoms with E-state index in [-0.39, 0.29) is 24.3 Å². The highest BCUT2D eigenvalue weighted by molar-refractivity contribution is 6.05. The fourth-order valence-electron chi connectivity index (χ4n) is 7.52. The Balaban J connectivity index is 0.889. The van der Waals surface area contributed by atoms with Crippen LogP contribution in [-0.4, -0.2) is 83.0 Å². The molecule has 3 aromatic rings. The van der Waals surface area contributed by atoms with E-state index in [1.165, 1.54) is 18.4 Å². The Kier molecular flexibility index (Phi) is 6.56.